The van der Waals surface area contributed by atoms with Gasteiger partial charge in [0.1, 0.15) is 0 Å². The van der Waals surface area contributed by atoms with E-state index in [2.05, 4.69) is 17.2 Å². The van der Waals surface area contributed by atoms with Crippen molar-refractivity contribution in [2.75, 3.05) is 5.32 Å². The Morgan fingerprint density at radius 3 is 3.07 bits per heavy atom. The van der Waals surface area contributed by atoms with E-state index >= 15 is 0 Å². The van der Waals surface area contributed by atoms with Gasteiger partial charge >= 0.3 is 0 Å². The maximum atomic E-state index is 5.41. The molecule has 15 heavy (non-hydrogen) atoms. The summed E-state index contributed by atoms with van der Waals surface area (Å²) in [5.74, 6) is 0. The first-order valence-electron chi connectivity index (χ1n) is 4.65. The van der Waals surface area contributed by atoms with Crippen LogP contribution in [-0.4, -0.2) is 10.1 Å². The second-order valence-electron chi connectivity index (χ2n) is 3.13. The number of rotatable bonds is 2. The van der Waals surface area contributed by atoms with Crippen molar-refractivity contribution in [3.05, 3.63) is 23.2 Å². The molecule has 5 heteroatoms. The Morgan fingerprint density at radius 1 is 1.60 bits per heavy atom. The summed E-state index contributed by atoms with van der Waals surface area (Å²) in [6, 6.07) is 5.93. The normalized spacial score (nSPS) is 10.5. The van der Waals surface area contributed by atoms with Crippen molar-refractivity contribution in [3.63, 3.8) is 0 Å². The number of hydrogen-bond donors (Lipinski definition) is 2. The van der Waals surface area contributed by atoms with Gasteiger partial charge < -0.3 is 11.1 Å². The molecule has 2 aromatic rings. The maximum absolute atomic E-state index is 5.41. The van der Waals surface area contributed by atoms with E-state index in [-0.39, 0.29) is 5.11 Å². The standard InChI is InChI=1S/C10H11N3S2/c1-2-9-13-7-4-3-6(12-10(11)14)5-8(7)15-9/h3-5H,2H2,1H3,(H3,11,12,14). The van der Waals surface area contributed by atoms with Gasteiger partial charge in [-0.05, 0) is 36.8 Å². The van der Waals surface area contributed by atoms with Crippen LogP contribution in [0.4, 0.5) is 5.69 Å². The van der Waals surface area contributed by atoms with Gasteiger partial charge in [0.05, 0.1) is 15.2 Å². The molecule has 0 saturated carbocycles. The van der Waals surface area contributed by atoms with E-state index in [1.54, 1.807) is 11.3 Å². The van der Waals surface area contributed by atoms with Crippen LogP contribution in [0, 0.1) is 0 Å². The van der Waals surface area contributed by atoms with E-state index in [4.69, 9.17) is 18.0 Å². The van der Waals surface area contributed by atoms with Crippen molar-refractivity contribution in [1.82, 2.24) is 4.98 Å². The summed E-state index contributed by atoms with van der Waals surface area (Å²) < 4.78 is 1.16. The first-order chi connectivity index (χ1) is 7.19. The van der Waals surface area contributed by atoms with Crippen LogP contribution in [0.3, 0.4) is 0 Å². The molecule has 78 valence electrons. The van der Waals surface area contributed by atoms with Crippen LogP contribution in [0.5, 0.6) is 0 Å². The van der Waals surface area contributed by atoms with E-state index in [1.165, 1.54) is 0 Å². The smallest absolute Gasteiger partial charge is 0.168 e. The summed E-state index contributed by atoms with van der Waals surface area (Å²) >= 11 is 6.49. The maximum Gasteiger partial charge on any atom is 0.168 e. The second kappa shape index (κ2) is 4.12. The van der Waals surface area contributed by atoms with Gasteiger partial charge in [-0.2, -0.15) is 0 Å². The van der Waals surface area contributed by atoms with Crippen LogP contribution in [-0.2, 0) is 6.42 Å². The van der Waals surface area contributed by atoms with Crippen LogP contribution < -0.4 is 11.1 Å². The molecule has 0 atom stereocenters. The molecule has 0 aliphatic rings. The number of aromatic nitrogens is 1. The Labute approximate surface area is 97.3 Å². The molecule has 0 aliphatic heterocycles. The molecular formula is C10H11N3S2. The average molecular weight is 237 g/mol. The Kier molecular flexibility index (Phi) is 2.83. The third-order valence-electron chi connectivity index (χ3n) is 2.00. The van der Waals surface area contributed by atoms with E-state index in [0.29, 0.717) is 0 Å². The molecule has 0 aliphatic carbocycles. The zero-order valence-electron chi connectivity index (χ0n) is 8.28. The van der Waals surface area contributed by atoms with Gasteiger partial charge in [0.15, 0.2) is 5.11 Å². The van der Waals surface area contributed by atoms with E-state index < -0.39 is 0 Å². The van der Waals surface area contributed by atoms with Crippen molar-refractivity contribution in [3.8, 4) is 0 Å². The Bertz CT molecular complexity index is 504. The van der Waals surface area contributed by atoms with E-state index in [1.807, 2.05) is 18.2 Å². The minimum Gasteiger partial charge on any atom is -0.376 e. The number of nitrogens with two attached hydrogens (primary N) is 1. The van der Waals surface area contributed by atoms with Crippen molar-refractivity contribution in [1.29, 1.82) is 0 Å². The van der Waals surface area contributed by atoms with Crippen molar-refractivity contribution >= 4 is 44.6 Å². The largest absolute Gasteiger partial charge is 0.376 e. The van der Waals surface area contributed by atoms with Gasteiger partial charge in [-0.15, -0.1) is 11.3 Å². The number of benzene rings is 1. The molecule has 0 bridgehead atoms. The zero-order chi connectivity index (χ0) is 10.8. The predicted molar refractivity (Wildman–Crippen MR) is 69.4 cm³/mol. The Morgan fingerprint density at radius 2 is 2.40 bits per heavy atom. The average Bonchev–Trinajstić information content (AvgIpc) is 2.58. The van der Waals surface area contributed by atoms with Crippen molar-refractivity contribution in [2.24, 2.45) is 5.73 Å². The van der Waals surface area contributed by atoms with Crippen LogP contribution in [0.2, 0.25) is 0 Å². The highest BCUT2D eigenvalue weighted by atomic mass is 32.1. The van der Waals surface area contributed by atoms with Crippen LogP contribution >= 0.6 is 23.6 Å². The fraction of sp³-hybridized carbons (Fsp3) is 0.200. The van der Waals surface area contributed by atoms with Crippen molar-refractivity contribution in [2.45, 2.75) is 13.3 Å². The molecule has 3 nitrogen and oxygen atoms in total. The summed E-state index contributed by atoms with van der Waals surface area (Å²) in [5, 5.41) is 4.35. The molecule has 1 aromatic carbocycles. The first-order valence-corrected chi connectivity index (χ1v) is 5.87. The molecule has 0 radical (unpaired) electrons. The first kappa shape index (κ1) is 10.3. The zero-order valence-corrected chi connectivity index (χ0v) is 9.91. The van der Waals surface area contributed by atoms with Crippen molar-refractivity contribution < 1.29 is 0 Å². The number of aryl methyl sites for hydroxylation is 1. The third kappa shape index (κ3) is 2.24. The lowest BCUT2D eigenvalue weighted by Gasteiger charge is -2.01. The molecule has 0 unspecified atom stereocenters. The minimum absolute atomic E-state index is 0.287. The quantitative estimate of drug-likeness (QED) is 0.788. The number of fused-ring (bicyclic) bond motifs is 1. The number of hydrogen-bond acceptors (Lipinski definition) is 3. The topological polar surface area (TPSA) is 50.9 Å². The van der Waals surface area contributed by atoms with Crippen LogP contribution in [0.1, 0.15) is 11.9 Å². The van der Waals surface area contributed by atoms with Crippen LogP contribution in [0.25, 0.3) is 10.2 Å². The van der Waals surface area contributed by atoms with Gasteiger partial charge in [0.2, 0.25) is 0 Å². The monoisotopic (exact) mass is 237 g/mol. The summed E-state index contributed by atoms with van der Waals surface area (Å²) in [7, 11) is 0. The highest BCUT2D eigenvalue weighted by Gasteiger charge is 2.03. The molecule has 0 saturated heterocycles. The molecule has 1 aromatic heterocycles. The molecule has 0 fully saturated rings. The third-order valence-corrected chi connectivity index (χ3v) is 3.27. The van der Waals surface area contributed by atoms with Crippen LogP contribution in [0.15, 0.2) is 18.2 Å². The SMILES string of the molecule is CCc1nc2ccc(NC(N)=S)cc2s1. The molecule has 0 amide bonds. The van der Waals surface area contributed by atoms with Gasteiger partial charge in [0.25, 0.3) is 0 Å². The van der Waals surface area contributed by atoms with E-state index in [9.17, 15) is 0 Å². The second-order valence-corrected chi connectivity index (χ2v) is 4.69. The number of thiazole rings is 1. The number of thiocarbonyl (C=S) groups is 1. The van der Waals surface area contributed by atoms with Gasteiger partial charge in [0, 0.05) is 5.69 Å². The molecular weight excluding hydrogens is 226 g/mol. The minimum atomic E-state index is 0.287. The highest BCUT2D eigenvalue weighted by molar-refractivity contribution is 7.80. The van der Waals surface area contributed by atoms with E-state index in [0.717, 1.165) is 27.3 Å². The fourth-order valence-corrected chi connectivity index (χ4v) is 2.41. The number of nitrogens with one attached hydrogen (secondary N) is 1. The predicted octanol–water partition coefficient (Wildman–Crippen LogP) is 2.51. The molecule has 2 rings (SSSR count). The Hall–Kier alpha value is -1.20. The molecule has 3 N–H and O–H groups in total. The summed E-state index contributed by atoms with van der Waals surface area (Å²) in [6.45, 7) is 2.10. The summed E-state index contributed by atoms with van der Waals surface area (Å²) in [5.41, 5.74) is 7.36. The molecule has 0 spiro atoms. The van der Waals surface area contributed by atoms with Gasteiger partial charge in [-0.1, -0.05) is 6.92 Å². The summed E-state index contributed by atoms with van der Waals surface area (Å²) in [6.07, 6.45) is 0.970. The van der Waals surface area contributed by atoms with Gasteiger partial charge in [-0.3, -0.25) is 0 Å². The molecule has 1 heterocycles. The van der Waals surface area contributed by atoms with Gasteiger partial charge in [-0.25, -0.2) is 4.98 Å². The Balaban J connectivity index is 2.41. The highest BCUT2D eigenvalue weighted by Crippen LogP contribution is 2.25. The fourth-order valence-electron chi connectivity index (χ4n) is 1.34. The lowest BCUT2D eigenvalue weighted by atomic mass is 10.3. The number of anilines is 1. The lowest BCUT2D eigenvalue weighted by Crippen LogP contribution is -2.18. The summed E-state index contributed by atoms with van der Waals surface area (Å²) in [4.78, 5) is 4.48. The lowest BCUT2D eigenvalue weighted by molar-refractivity contribution is 1.11. The number of nitrogens with zero attached hydrogens (tertiary/aromatic N) is 1.